The van der Waals surface area contributed by atoms with Crippen molar-refractivity contribution >= 4 is 51.1 Å². The first kappa shape index (κ1) is 13.6. The molecule has 1 aliphatic rings. The number of nitrogens with zero attached hydrogens (tertiary/aromatic N) is 1. The zero-order chi connectivity index (χ0) is 12.4. The lowest BCUT2D eigenvalue weighted by molar-refractivity contribution is 0.0718. The van der Waals surface area contributed by atoms with E-state index in [-0.39, 0.29) is 5.91 Å². The molecule has 0 unspecified atom stereocenters. The third-order valence-corrected chi connectivity index (χ3v) is 7.33. The van der Waals surface area contributed by atoms with Crippen LogP contribution in [-0.2, 0) is 0 Å². The van der Waals surface area contributed by atoms with E-state index >= 15 is 0 Å². The maximum atomic E-state index is 12.5. The molecular formula is C13H15I2NO. The molecule has 0 bridgehead atoms. The van der Waals surface area contributed by atoms with E-state index in [4.69, 9.17) is 0 Å². The second-order valence-electron chi connectivity index (χ2n) is 4.34. The van der Waals surface area contributed by atoms with Gasteiger partial charge in [0.2, 0.25) is 0 Å². The van der Waals surface area contributed by atoms with Gasteiger partial charge >= 0.3 is 0 Å². The number of rotatable bonds is 1. The van der Waals surface area contributed by atoms with Crippen LogP contribution in [-0.4, -0.2) is 25.3 Å². The quantitative estimate of drug-likeness (QED) is 0.359. The summed E-state index contributed by atoms with van der Waals surface area (Å²) in [4.78, 5) is 14.5. The highest BCUT2D eigenvalue weighted by molar-refractivity contribution is 14.1. The Bertz CT molecular complexity index is 422. The normalized spacial score (nSPS) is 24.8. The number of halogens is 2. The third kappa shape index (κ3) is 2.94. The van der Waals surface area contributed by atoms with Gasteiger partial charge in [-0.05, 0) is 31.4 Å². The van der Waals surface area contributed by atoms with Crippen LogP contribution in [0.15, 0.2) is 24.3 Å². The highest BCUT2D eigenvalue weighted by Crippen LogP contribution is 2.30. The number of hydrogen-bond acceptors (Lipinski definition) is 1. The predicted molar refractivity (Wildman–Crippen MR) is 87.1 cm³/mol. The summed E-state index contributed by atoms with van der Waals surface area (Å²) in [5.41, 5.74) is 1.91. The maximum Gasteiger partial charge on any atom is 0.255 e. The van der Waals surface area contributed by atoms with Crippen LogP contribution in [0.1, 0.15) is 28.8 Å². The molecule has 1 aromatic carbocycles. The summed E-state index contributed by atoms with van der Waals surface area (Å²) in [7, 11) is 0. The lowest BCUT2D eigenvalue weighted by atomic mass is 10.1. The molecule has 0 spiro atoms. The summed E-state index contributed by atoms with van der Waals surface area (Å²) >= 11 is 4.85. The van der Waals surface area contributed by atoms with Gasteiger partial charge in [0.25, 0.3) is 5.91 Å². The molecule has 2 nitrogen and oxygen atoms in total. The molecule has 2 rings (SSSR count). The molecule has 4 heteroatoms. The van der Waals surface area contributed by atoms with Crippen molar-refractivity contribution in [1.29, 1.82) is 0 Å². The van der Waals surface area contributed by atoms with Gasteiger partial charge in [-0.15, -0.1) is 0 Å². The van der Waals surface area contributed by atoms with E-state index in [1.54, 1.807) is 0 Å². The molecule has 0 radical (unpaired) electrons. The summed E-state index contributed by atoms with van der Waals surface area (Å²) < 4.78 is 0.879. The standard InChI is InChI=1S/C13H15I2NO/c1-9-5-2-3-6-10(9)13(17)16-8-4-7-11(14)12(16)15/h2-3,5-6,11-12H,4,7-8H2,1H3/t11-,12+/m0/s1. The van der Waals surface area contributed by atoms with Gasteiger partial charge < -0.3 is 4.90 Å². The summed E-state index contributed by atoms with van der Waals surface area (Å²) in [6.45, 7) is 2.89. The van der Waals surface area contributed by atoms with E-state index in [9.17, 15) is 4.79 Å². The summed E-state index contributed by atoms with van der Waals surface area (Å²) in [5, 5.41) is 0. The average Bonchev–Trinajstić information content (AvgIpc) is 2.32. The van der Waals surface area contributed by atoms with Crippen molar-refractivity contribution in [3.8, 4) is 0 Å². The minimum absolute atomic E-state index is 0.184. The molecule has 17 heavy (non-hydrogen) atoms. The van der Waals surface area contributed by atoms with Crippen LogP contribution in [0.3, 0.4) is 0 Å². The molecule has 0 aromatic heterocycles. The lowest BCUT2D eigenvalue weighted by Gasteiger charge is -2.36. The van der Waals surface area contributed by atoms with Gasteiger partial charge in [0.15, 0.2) is 0 Å². The van der Waals surface area contributed by atoms with Gasteiger partial charge in [0, 0.05) is 16.0 Å². The number of amides is 1. The Hall–Kier alpha value is 0.150. The van der Waals surface area contributed by atoms with Crippen molar-refractivity contribution in [3.05, 3.63) is 35.4 Å². The second kappa shape index (κ2) is 5.86. The van der Waals surface area contributed by atoms with Crippen molar-refractivity contribution in [3.63, 3.8) is 0 Å². The van der Waals surface area contributed by atoms with Crippen molar-refractivity contribution in [1.82, 2.24) is 4.90 Å². The van der Waals surface area contributed by atoms with Crippen LogP contribution in [0, 0.1) is 6.92 Å². The lowest BCUT2D eigenvalue weighted by Crippen LogP contribution is -2.45. The Morgan fingerprint density at radius 1 is 1.35 bits per heavy atom. The van der Waals surface area contributed by atoms with Crippen LogP contribution < -0.4 is 0 Å². The van der Waals surface area contributed by atoms with E-state index in [2.05, 4.69) is 45.2 Å². The minimum atomic E-state index is 0.184. The molecule has 0 N–H and O–H groups in total. The Morgan fingerprint density at radius 3 is 2.76 bits per heavy atom. The van der Waals surface area contributed by atoms with E-state index in [0.717, 1.165) is 24.1 Å². The maximum absolute atomic E-state index is 12.5. The fraction of sp³-hybridized carbons (Fsp3) is 0.462. The largest absolute Gasteiger partial charge is 0.326 e. The molecule has 1 saturated heterocycles. The first-order chi connectivity index (χ1) is 8.11. The monoisotopic (exact) mass is 455 g/mol. The van der Waals surface area contributed by atoms with Gasteiger partial charge in [-0.1, -0.05) is 63.4 Å². The second-order valence-corrected chi connectivity index (χ2v) is 7.22. The fourth-order valence-electron chi connectivity index (χ4n) is 2.09. The van der Waals surface area contributed by atoms with E-state index in [1.165, 1.54) is 6.42 Å². The van der Waals surface area contributed by atoms with Crippen molar-refractivity contribution in [2.24, 2.45) is 0 Å². The molecular weight excluding hydrogens is 440 g/mol. The van der Waals surface area contributed by atoms with Crippen molar-refractivity contribution < 1.29 is 4.79 Å². The van der Waals surface area contributed by atoms with Crippen molar-refractivity contribution in [2.75, 3.05) is 6.54 Å². The van der Waals surface area contributed by atoms with E-state index in [0.29, 0.717) is 7.97 Å². The average molecular weight is 455 g/mol. The molecule has 0 saturated carbocycles. The number of carbonyl (C=O) groups is 1. The van der Waals surface area contributed by atoms with E-state index in [1.807, 2.05) is 36.1 Å². The molecule has 1 aromatic rings. The number of hydrogen-bond donors (Lipinski definition) is 0. The molecule has 1 fully saturated rings. The number of aryl methyl sites for hydroxylation is 1. The first-order valence-corrected chi connectivity index (χ1v) is 8.25. The van der Waals surface area contributed by atoms with Crippen LogP contribution in [0.5, 0.6) is 0 Å². The summed E-state index contributed by atoms with van der Waals surface area (Å²) in [5.74, 6) is 0.184. The SMILES string of the molecule is Cc1ccccc1C(=O)N1CCC[C@H](I)[C@@H]1I. The Balaban J connectivity index is 2.23. The first-order valence-electron chi connectivity index (χ1n) is 5.76. The van der Waals surface area contributed by atoms with Crippen LogP contribution >= 0.6 is 45.2 Å². The van der Waals surface area contributed by atoms with Gasteiger partial charge in [0.1, 0.15) is 0 Å². The fourth-order valence-corrected chi connectivity index (χ4v) is 3.81. The number of alkyl halides is 2. The van der Waals surface area contributed by atoms with Gasteiger partial charge in [0.05, 0.1) is 4.05 Å². The highest BCUT2D eigenvalue weighted by Gasteiger charge is 2.31. The molecule has 0 aliphatic carbocycles. The third-order valence-electron chi connectivity index (χ3n) is 3.11. The Morgan fingerprint density at radius 2 is 2.06 bits per heavy atom. The molecule has 1 heterocycles. The number of carbonyl (C=O) groups excluding carboxylic acids is 1. The van der Waals surface area contributed by atoms with Crippen molar-refractivity contribution in [2.45, 2.75) is 27.7 Å². The molecule has 92 valence electrons. The molecule has 1 amide bonds. The zero-order valence-corrected chi connectivity index (χ0v) is 14.0. The smallest absolute Gasteiger partial charge is 0.255 e. The van der Waals surface area contributed by atoms with Gasteiger partial charge in [-0.3, -0.25) is 4.79 Å². The van der Waals surface area contributed by atoms with Gasteiger partial charge in [-0.25, -0.2) is 0 Å². The number of benzene rings is 1. The minimum Gasteiger partial charge on any atom is -0.326 e. The molecule has 1 aliphatic heterocycles. The number of piperidine rings is 1. The predicted octanol–water partition coefficient (Wildman–Crippen LogP) is 3.80. The Labute approximate surface area is 129 Å². The summed E-state index contributed by atoms with van der Waals surface area (Å²) in [6.07, 6.45) is 2.33. The van der Waals surface area contributed by atoms with Crippen LogP contribution in [0.2, 0.25) is 0 Å². The van der Waals surface area contributed by atoms with Gasteiger partial charge in [-0.2, -0.15) is 0 Å². The highest BCUT2D eigenvalue weighted by atomic mass is 127. The number of likely N-dealkylation sites (tertiary alicyclic amines) is 1. The van der Waals surface area contributed by atoms with Crippen LogP contribution in [0.25, 0.3) is 0 Å². The zero-order valence-electron chi connectivity index (χ0n) is 9.70. The Kier molecular flexibility index (Phi) is 4.68. The van der Waals surface area contributed by atoms with Crippen LogP contribution in [0.4, 0.5) is 0 Å². The van der Waals surface area contributed by atoms with E-state index < -0.39 is 0 Å². The topological polar surface area (TPSA) is 20.3 Å². The summed E-state index contributed by atoms with van der Waals surface area (Å²) in [6, 6.07) is 7.84. The molecule has 2 atom stereocenters.